The van der Waals surface area contributed by atoms with E-state index >= 15 is 0 Å². The summed E-state index contributed by atoms with van der Waals surface area (Å²) >= 11 is 0. The number of likely N-dealkylation sites (tertiary alicyclic amines) is 1. The molecule has 118 valence electrons. The van der Waals surface area contributed by atoms with E-state index in [1.165, 1.54) is 0 Å². The van der Waals surface area contributed by atoms with Crippen molar-refractivity contribution in [3.63, 3.8) is 0 Å². The van der Waals surface area contributed by atoms with Gasteiger partial charge in [-0.2, -0.15) is 43.9 Å². The number of hydrogen-bond donors (Lipinski definition) is 0. The van der Waals surface area contributed by atoms with E-state index in [4.69, 9.17) is 0 Å². The molecule has 12 heteroatoms. The number of hydrogen-bond acceptors (Lipinski definition) is 1. The van der Waals surface area contributed by atoms with Crippen molar-refractivity contribution in [2.75, 3.05) is 0 Å². The molecule has 0 aromatic heterocycles. The molecule has 1 aliphatic rings. The highest BCUT2D eigenvalue weighted by atomic mass is 19.4. The lowest BCUT2D eigenvalue weighted by Gasteiger charge is -2.33. The summed E-state index contributed by atoms with van der Waals surface area (Å²) in [6, 6.07) is -13.1. The Hall–Kier alpha value is -1.07. The molecule has 1 nitrogen and oxygen atoms in total. The van der Waals surface area contributed by atoms with Crippen molar-refractivity contribution in [2.24, 2.45) is 0 Å². The van der Waals surface area contributed by atoms with Crippen LogP contribution in [0.25, 0.3) is 0 Å². The molecule has 0 N–H and O–H groups in total. The third-order valence-electron chi connectivity index (χ3n) is 2.57. The molecule has 0 amide bonds. The molecule has 0 aromatic carbocycles. The zero-order valence-electron chi connectivity index (χ0n) is 8.97. The Kier molecular flexibility index (Phi) is 3.38. The molecular weight excluding hydrogens is 319 g/mol. The average molecular weight is 323 g/mol. The summed E-state index contributed by atoms with van der Waals surface area (Å²) in [5.74, 6) is -18.7. The molecule has 0 spiro atoms. The van der Waals surface area contributed by atoms with E-state index in [9.17, 15) is 48.3 Å². The van der Waals surface area contributed by atoms with Crippen LogP contribution in [0.5, 0.6) is 0 Å². The highest BCUT2D eigenvalue weighted by Gasteiger charge is 2.94. The molecule has 1 unspecified atom stereocenters. The Balaban J connectivity index is 3.51. The van der Waals surface area contributed by atoms with Gasteiger partial charge in [-0.3, -0.25) is 0 Å². The summed E-state index contributed by atoms with van der Waals surface area (Å²) in [5, 5.41) is 0. The van der Waals surface area contributed by atoms with E-state index < -0.39 is 47.1 Å². The lowest BCUT2D eigenvalue weighted by molar-refractivity contribution is -0.324. The third-order valence-corrected chi connectivity index (χ3v) is 2.57. The highest BCUT2D eigenvalue weighted by molar-refractivity contribution is 5.14. The summed E-state index contributed by atoms with van der Waals surface area (Å²) in [4.78, 5) is -2.83. The van der Waals surface area contributed by atoms with Crippen molar-refractivity contribution in [2.45, 2.75) is 36.2 Å². The standard InChI is InChI=1S/C8H4F11N/c1-2-4(10,11)3(9)20-7(16,17)5(12,13)6(14,15)8(20,18)19/h2-3H,1H2. The summed E-state index contributed by atoms with van der Waals surface area (Å²) < 4.78 is 141. The first kappa shape index (κ1) is 17.0. The predicted octanol–water partition coefficient (Wildman–Crippen LogP) is 3.88. The molecule has 0 bridgehead atoms. The van der Waals surface area contributed by atoms with Gasteiger partial charge in [0.25, 0.3) is 0 Å². The third kappa shape index (κ3) is 1.66. The van der Waals surface area contributed by atoms with Crippen LogP contribution in [-0.4, -0.2) is 41.1 Å². The number of halogens is 11. The van der Waals surface area contributed by atoms with Crippen LogP contribution < -0.4 is 0 Å². The second kappa shape index (κ2) is 3.98. The van der Waals surface area contributed by atoms with Gasteiger partial charge in [0.2, 0.25) is 6.30 Å². The van der Waals surface area contributed by atoms with Crippen molar-refractivity contribution in [1.29, 1.82) is 0 Å². The minimum Gasteiger partial charge on any atom is -0.222 e. The van der Waals surface area contributed by atoms with E-state index in [-0.39, 0.29) is 0 Å². The van der Waals surface area contributed by atoms with Crippen molar-refractivity contribution in [3.8, 4) is 0 Å². The zero-order chi connectivity index (χ0) is 16.4. The molecule has 1 atom stereocenters. The normalized spacial score (nSPS) is 29.1. The summed E-state index contributed by atoms with van der Waals surface area (Å²) in [7, 11) is 0. The van der Waals surface area contributed by atoms with Crippen LogP contribution in [0.2, 0.25) is 0 Å². The fourth-order valence-electron chi connectivity index (χ4n) is 1.41. The summed E-state index contributed by atoms with van der Waals surface area (Å²) in [6.45, 7) is 2.21. The lowest BCUT2D eigenvalue weighted by atomic mass is 10.2. The monoisotopic (exact) mass is 323 g/mol. The van der Waals surface area contributed by atoms with Gasteiger partial charge in [0.05, 0.1) is 0 Å². The highest BCUT2D eigenvalue weighted by Crippen LogP contribution is 2.64. The SMILES string of the molecule is C=CC(F)(F)C(F)N1C(F)(F)C(F)(F)C(F)(F)C1(F)F. The maximum absolute atomic E-state index is 13.0. The van der Waals surface area contributed by atoms with Crippen LogP contribution in [0.4, 0.5) is 48.3 Å². The second-order valence-corrected chi connectivity index (χ2v) is 3.82. The first-order valence-electron chi connectivity index (χ1n) is 4.55. The van der Waals surface area contributed by atoms with Gasteiger partial charge in [-0.05, 0) is 6.08 Å². The van der Waals surface area contributed by atoms with Gasteiger partial charge in [-0.25, -0.2) is 4.39 Å². The average Bonchev–Trinajstić information content (AvgIpc) is 2.33. The second-order valence-electron chi connectivity index (χ2n) is 3.82. The summed E-state index contributed by atoms with van der Waals surface area (Å²) in [5.41, 5.74) is 0. The van der Waals surface area contributed by atoms with Crippen molar-refractivity contribution in [1.82, 2.24) is 4.90 Å². The Morgan fingerprint density at radius 2 is 1.15 bits per heavy atom. The first-order valence-corrected chi connectivity index (χ1v) is 4.55. The molecule has 0 aliphatic carbocycles. The van der Waals surface area contributed by atoms with Crippen molar-refractivity contribution >= 4 is 0 Å². The van der Waals surface area contributed by atoms with Crippen LogP contribution in [0.15, 0.2) is 12.7 Å². The Morgan fingerprint density at radius 3 is 1.40 bits per heavy atom. The number of alkyl halides is 11. The molecule has 0 radical (unpaired) electrons. The fourth-order valence-corrected chi connectivity index (χ4v) is 1.41. The van der Waals surface area contributed by atoms with E-state index in [2.05, 4.69) is 6.58 Å². The number of nitrogens with zero attached hydrogens (tertiary/aromatic N) is 1. The van der Waals surface area contributed by atoms with E-state index in [0.717, 1.165) is 0 Å². The van der Waals surface area contributed by atoms with Crippen LogP contribution in [0, 0.1) is 0 Å². The molecule has 1 heterocycles. The van der Waals surface area contributed by atoms with Crippen LogP contribution in [0.1, 0.15) is 0 Å². The summed E-state index contributed by atoms with van der Waals surface area (Å²) in [6.07, 6.45) is -5.59. The van der Waals surface area contributed by atoms with Crippen LogP contribution in [-0.2, 0) is 0 Å². The molecule has 1 aliphatic heterocycles. The van der Waals surface area contributed by atoms with E-state index in [0.29, 0.717) is 0 Å². The van der Waals surface area contributed by atoms with Gasteiger partial charge in [-0.1, -0.05) is 6.58 Å². The van der Waals surface area contributed by atoms with E-state index in [1.807, 2.05) is 0 Å². The zero-order valence-corrected chi connectivity index (χ0v) is 8.97. The van der Waals surface area contributed by atoms with Crippen LogP contribution >= 0.6 is 0 Å². The van der Waals surface area contributed by atoms with Gasteiger partial charge in [0.1, 0.15) is 0 Å². The largest absolute Gasteiger partial charge is 0.394 e. The lowest BCUT2D eigenvalue weighted by Crippen LogP contribution is -2.58. The molecule has 0 aromatic rings. The quantitative estimate of drug-likeness (QED) is 0.433. The van der Waals surface area contributed by atoms with Gasteiger partial charge in [0, 0.05) is 0 Å². The van der Waals surface area contributed by atoms with E-state index in [1.54, 1.807) is 0 Å². The molecule has 20 heavy (non-hydrogen) atoms. The molecule has 0 saturated carbocycles. The maximum atomic E-state index is 13.0. The minimum absolute atomic E-state index is 0.752. The topological polar surface area (TPSA) is 3.24 Å². The maximum Gasteiger partial charge on any atom is 0.394 e. The number of rotatable bonds is 3. The van der Waals surface area contributed by atoms with Crippen LogP contribution in [0.3, 0.4) is 0 Å². The van der Waals surface area contributed by atoms with Crippen molar-refractivity contribution in [3.05, 3.63) is 12.7 Å². The first-order chi connectivity index (χ1) is 8.59. The Bertz CT molecular complexity index is 389. The smallest absolute Gasteiger partial charge is 0.222 e. The van der Waals surface area contributed by atoms with Gasteiger partial charge in [-0.15, -0.1) is 4.90 Å². The van der Waals surface area contributed by atoms with Gasteiger partial charge >= 0.3 is 29.9 Å². The Labute approximate surface area is 103 Å². The van der Waals surface area contributed by atoms with Gasteiger partial charge in [0.15, 0.2) is 0 Å². The molecule has 1 fully saturated rings. The minimum atomic E-state index is -6.76. The van der Waals surface area contributed by atoms with Crippen molar-refractivity contribution < 1.29 is 48.3 Å². The fraction of sp³-hybridized carbons (Fsp3) is 0.750. The molecule has 1 rings (SSSR count). The Morgan fingerprint density at radius 1 is 0.850 bits per heavy atom. The van der Waals surface area contributed by atoms with Gasteiger partial charge < -0.3 is 0 Å². The molecular formula is C8H4F11N. The molecule has 1 saturated heterocycles. The predicted molar refractivity (Wildman–Crippen MR) is 41.7 cm³/mol.